The average Bonchev–Trinajstić information content (AvgIpc) is 2.67. The van der Waals surface area contributed by atoms with E-state index < -0.39 is 0 Å². The van der Waals surface area contributed by atoms with Crippen molar-refractivity contribution in [2.75, 3.05) is 33.9 Å². The van der Waals surface area contributed by atoms with Gasteiger partial charge in [-0.1, -0.05) is 0 Å². The maximum Gasteiger partial charge on any atom is 0.409 e. The fourth-order valence-electron chi connectivity index (χ4n) is 0.852. The monoisotopic (exact) mass is 201 g/mol. The summed E-state index contributed by atoms with van der Waals surface area (Å²) in [6, 6.07) is 0. The molecule has 0 aromatic rings. The summed E-state index contributed by atoms with van der Waals surface area (Å²) in [4.78, 5) is 23.6. The molecule has 2 heterocycles. The number of rotatable bonds is 0. The van der Waals surface area contributed by atoms with Crippen LogP contribution in [0.1, 0.15) is 0 Å². The molecule has 6 nitrogen and oxygen atoms in total. The Labute approximate surface area is 82.4 Å². The van der Waals surface area contributed by atoms with Crippen LogP contribution in [-0.4, -0.2) is 55.7 Å². The van der Waals surface area contributed by atoms with E-state index in [9.17, 15) is 9.59 Å². The predicted molar refractivity (Wildman–Crippen MR) is 47.0 cm³/mol. The van der Waals surface area contributed by atoms with Gasteiger partial charge in [0.15, 0.2) is 0 Å². The molecule has 0 aromatic carbocycles. The van der Waals surface area contributed by atoms with E-state index in [1.165, 1.54) is 11.6 Å². The zero-order valence-electron chi connectivity index (χ0n) is 8.23. The van der Waals surface area contributed by atoms with E-state index in [-0.39, 0.29) is 18.6 Å². The summed E-state index contributed by atoms with van der Waals surface area (Å²) in [7, 11) is 3.38. The molecule has 2 rings (SSSR count). The van der Waals surface area contributed by atoms with Gasteiger partial charge in [-0.15, -0.1) is 6.73 Å². The number of cyclic esters (lactones) is 1. The molecule has 2 fully saturated rings. The smallest absolute Gasteiger partial charge is 0.409 e. The summed E-state index contributed by atoms with van der Waals surface area (Å²) in [5.74, 6) is 0.0139. The molecule has 0 aliphatic carbocycles. The van der Waals surface area contributed by atoms with Crippen molar-refractivity contribution >= 4 is 12.0 Å². The van der Waals surface area contributed by atoms with Crippen molar-refractivity contribution in [3.63, 3.8) is 0 Å². The van der Waals surface area contributed by atoms with Crippen LogP contribution in [0.5, 0.6) is 0 Å². The van der Waals surface area contributed by atoms with Crippen LogP contribution in [0, 0.1) is 6.73 Å². The molecule has 2 aliphatic heterocycles. The quantitative estimate of drug-likeness (QED) is 0.503. The second-order valence-electron chi connectivity index (χ2n) is 2.96. The maximum atomic E-state index is 10.3. The van der Waals surface area contributed by atoms with Crippen LogP contribution >= 0.6 is 0 Å². The van der Waals surface area contributed by atoms with Gasteiger partial charge in [0.25, 0.3) is 0 Å². The van der Waals surface area contributed by atoms with Gasteiger partial charge in [0.2, 0.25) is 5.91 Å². The molecule has 2 amide bonds. The number of hydrogen-bond acceptors (Lipinski definition) is 4. The van der Waals surface area contributed by atoms with Crippen molar-refractivity contribution in [3.05, 3.63) is 6.73 Å². The van der Waals surface area contributed by atoms with Gasteiger partial charge >= 0.3 is 6.09 Å². The van der Waals surface area contributed by atoms with E-state index in [2.05, 4.69) is 9.47 Å². The Balaban J connectivity index is 0.000000140. The third-order valence-electron chi connectivity index (χ3n) is 1.80. The fourth-order valence-corrected chi connectivity index (χ4v) is 0.852. The summed E-state index contributed by atoms with van der Waals surface area (Å²) in [6.07, 6.45) is -0.208. The molecule has 2 aliphatic rings. The highest BCUT2D eigenvalue weighted by Gasteiger charge is 2.15. The topological polar surface area (TPSA) is 59.1 Å². The molecule has 0 atom stereocenters. The summed E-state index contributed by atoms with van der Waals surface area (Å²) in [5, 5.41) is 0. The highest BCUT2D eigenvalue weighted by atomic mass is 16.6. The van der Waals surface area contributed by atoms with Crippen LogP contribution in [0.15, 0.2) is 0 Å². The van der Waals surface area contributed by atoms with Gasteiger partial charge < -0.3 is 19.3 Å². The first-order valence-electron chi connectivity index (χ1n) is 4.20. The first-order chi connectivity index (χ1) is 6.61. The standard InChI is InChI=1S/C4H6NO2.C4H7NO2/c1-5-3-7-2-4(5)6;1-5-2-3-7-4(5)6/h3H,2H2,1H3;2-3H2,1H3/q-1;. The number of nitrogens with zero attached hydrogens (tertiary/aromatic N) is 2. The van der Waals surface area contributed by atoms with Gasteiger partial charge in [-0.3, -0.25) is 4.79 Å². The number of carbonyl (C=O) groups is 2. The Kier molecular flexibility index (Phi) is 3.70. The van der Waals surface area contributed by atoms with E-state index in [0.29, 0.717) is 6.61 Å². The van der Waals surface area contributed by atoms with E-state index in [0.717, 1.165) is 6.54 Å². The van der Waals surface area contributed by atoms with Crippen LogP contribution in [0.2, 0.25) is 0 Å². The van der Waals surface area contributed by atoms with Crippen LogP contribution in [0.25, 0.3) is 0 Å². The highest BCUT2D eigenvalue weighted by molar-refractivity contribution is 5.79. The van der Waals surface area contributed by atoms with Gasteiger partial charge in [0.05, 0.1) is 13.2 Å². The normalized spacial score (nSPS) is 20.7. The number of likely N-dealkylation sites (N-methyl/N-ethyl adjacent to an activating group) is 2. The molecule has 80 valence electrons. The van der Waals surface area contributed by atoms with Crippen molar-refractivity contribution in [2.45, 2.75) is 0 Å². The largest absolute Gasteiger partial charge is 0.525 e. The van der Waals surface area contributed by atoms with Crippen molar-refractivity contribution < 1.29 is 19.1 Å². The Morgan fingerprint density at radius 3 is 2.21 bits per heavy atom. The SMILES string of the molecule is CN1CCOC1=O.CN1[CH-]OCC1=O. The van der Waals surface area contributed by atoms with Gasteiger partial charge in [-0.25, -0.2) is 4.79 Å². The summed E-state index contributed by atoms with van der Waals surface area (Å²) >= 11 is 0. The van der Waals surface area contributed by atoms with Crippen molar-refractivity contribution in [1.29, 1.82) is 0 Å². The van der Waals surface area contributed by atoms with Crippen molar-refractivity contribution in [1.82, 2.24) is 9.80 Å². The van der Waals surface area contributed by atoms with E-state index in [1.807, 2.05) is 0 Å². The lowest BCUT2D eigenvalue weighted by molar-refractivity contribution is -0.125. The Hall–Kier alpha value is -1.30. The molecular formula is C8H13N2O4-. The molecular weight excluding hydrogens is 188 g/mol. The minimum absolute atomic E-state index is 0.0139. The first-order valence-corrected chi connectivity index (χ1v) is 4.20. The van der Waals surface area contributed by atoms with Gasteiger partial charge in [0, 0.05) is 7.05 Å². The van der Waals surface area contributed by atoms with E-state index in [1.54, 1.807) is 19.0 Å². The number of hydrogen-bond donors (Lipinski definition) is 0. The lowest BCUT2D eigenvalue weighted by atomic mass is 10.6. The van der Waals surface area contributed by atoms with Crippen molar-refractivity contribution in [3.8, 4) is 0 Å². The predicted octanol–water partition coefficient (Wildman–Crippen LogP) is -0.337. The highest BCUT2D eigenvalue weighted by Crippen LogP contribution is 1.99. The molecule has 14 heavy (non-hydrogen) atoms. The fraction of sp³-hybridized carbons (Fsp3) is 0.625. The van der Waals surface area contributed by atoms with Gasteiger partial charge in [-0.05, 0) is 7.05 Å². The minimum atomic E-state index is -0.208. The Morgan fingerprint density at radius 2 is 2.07 bits per heavy atom. The molecule has 0 aromatic heterocycles. The van der Waals surface area contributed by atoms with E-state index in [4.69, 9.17) is 0 Å². The maximum absolute atomic E-state index is 10.3. The average molecular weight is 201 g/mol. The summed E-state index contributed by atoms with van der Waals surface area (Å²) < 4.78 is 9.17. The molecule has 0 saturated carbocycles. The Morgan fingerprint density at radius 1 is 1.36 bits per heavy atom. The molecule has 0 bridgehead atoms. The second-order valence-corrected chi connectivity index (χ2v) is 2.96. The number of ether oxygens (including phenoxy) is 2. The minimum Gasteiger partial charge on any atom is -0.525 e. The van der Waals surface area contributed by atoms with Crippen LogP contribution in [-0.2, 0) is 14.3 Å². The van der Waals surface area contributed by atoms with Gasteiger partial charge in [-0.2, -0.15) is 0 Å². The zero-order valence-corrected chi connectivity index (χ0v) is 8.23. The molecule has 6 heteroatoms. The van der Waals surface area contributed by atoms with Crippen LogP contribution in [0.3, 0.4) is 0 Å². The second kappa shape index (κ2) is 4.80. The van der Waals surface area contributed by atoms with Crippen LogP contribution in [0.4, 0.5) is 4.79 Å². The van der Waals surface area contributed by atoms with Gasteiger partial charge in [0.1, 0.15) is 6.61 Å². The molecule has 0 radical (unpaired) electrons. The van der Waals surface area contributed by atoms with Crippen LogP contribution < -0.4 is 0 Å². The lowest BCUT2D eigenvalue weighted by Gasteiger charge is -2.14. The lowest BCUT2D eigenvalue weighted by Crippen LogP contribution is -2.17. The summed E-state index contributed by atoms with van der Waals surface area (Å²) in [6.45, 7) is 2.90. The Bertz CT molecular complexity index is 207. The first kappa shape index (κ1) is 10.8. The molecule has 0 unspecified atom stereocenters. The third kappa shape index (κ3) is 2.88. The molecule has 2 saturated heterocycles. The number of carbonyl (C=O) groups excluding carboxylic acids is 2. The molecule has 0 spiro atoms. The van der Waals surface area contributed by atoms with E-state index >= 15 is 0 Å². The summed E-state index contributed by atoms with van der Waals surface area (Å²) in [5.41, 5.74) is 0. The van der Waals surface area contributed by atoms with Crippen molar-refractivity contribution in [2.24, 2.45) is 0 Å². The third-order valence-corrected chi connectivity index (χ3v) is 1.80. The number of amides is 2. The molecule has 0 N–H and O–H groups in total. The zero-order chi connectivity index (χ0) is 10.6.